The van der Waals surface area contributed by atoms with Crippen LogP contribution in [0.1, 0.15) is 11.5 Å². The molecular formula is C11H16N6O. The molecule has 2 heterocycles. The molecule has 0 radical (unpaired) electrons. The number of furan rings is 1. The van der Waals surface area contributed by atoms with Crippen LogP contribution in [0, 0.1) is 6.92 Å². The predicted octanol–water partition coefficient (Wildman–Crippen LogP) is 1.05. The molecule has 0 saturated carbocycles. The van der Waals surface area contributed by atoms with Crippen LogP contribution >= 0.6 is 0 Å². The van der Waals surface area contributed by atoms with Crippen LogP contribution in [0.25, 0.3) is 0 Å². The zero-order valence-electron chi connectivity index (χ0n) is 10.4. The normalized spacial score (nSPS) is 10.3. The summed E-state index contributed by atoms with van der Waals surface area (Å²) in [4.78, 5) is 12.0. The van der Waals surface area contributed by atoms with Gasteiger partial charge in [-0.2, -0.15) is 15.0 Å². The van der Waals surface area contributed by atoms with Crippen molar-refractivity contribution < 1.29 is 4.42 Å². The average molecular weight is 248 g/mol. The molecule has 7 heteroatoms. The highest BCUT2D eigenvalue weighted by molar-refractivity contribution is 5.39. The minimum Gasteiger partial charge on any atom is -0.466 e. The number of anilines is 3. The first kappa shape index (κ1) is 12.2. The summed E-state index contributed by atoms with van der Waals surface area (Å²) < 4.78 is 5.46. The van der Waals surface area contributed by atoms with Gasteiger partial charge in [-0.25, -0.2) is 0 Å². The molecule has 0 aliphatic carbocycles. The van der Waals surface area contributed by atoms with Crippen LogP contribution in [-0.2, 0) is 6.42 Å². The Bertz CT molecular complexity index is 524. The summed E-state index contributed by atoms with van der Waals surface area (Å²) >= 11 is 0. The number of nitrogens with zero attached hydrogens (tertiary/aromatic N) is 3. The van der Waals surface area contributed by atoms with Crippen LogP contribution in [0.3, 0.4) is 0 Å². The number of rotatable bonds is 5. The average Bonchev–Trinajstić information content (AvgIpc) is 2.74. The summed E-state index contributed by atoms with van der Waals surface area (Å²) in [6.45, 7) is 2.59. The van der Waals surface area contributed by atoms with Crippen molar-refractivity contribution in [2.45, 2.75) is 13.3 Å². The lowest BCUT2D eigenvalue weighted by molar-refractivity contribution is 0.486. The van der Waals surface area contributed by atoms with Gasteiger partial charge < -0.3 is 20.8 Å². The molecule has 0 aromatic carbocycles. The maximum Gasteiger partial charge on any atom is 0.229 e. The molecule has 0 atom stereocenters. The first-order chi connectivity index (χ1) is 8.67. The molecule has 7 nitrogen and oxygen atoms in total. The second-order valence-corrected chi connectivity index (χ2v) is 3.78. The molecule has 96 valence electrons. The zero-order chi connectivity index (χ0) is 13.0. The summed E-state index contributed by atoms with van der Waals surface area (Å²) in [6, 6.07) is 3.90. The van der Waals surface area contributed by atoms with Crippen molar-refractivity contribution in [1.29, 1.82) is 0 Å². The van der Waals surface area contributed by atoms with Crippen molar-refractivity contribution in [2.75, 3.05) is 30.0 Å². The summed E-state index contributed by atoms with van der Waals surface area (Å²) in [5.41, 5.74) is 5.56. The minimum atomic E-state index is 0.186. The molecule has 2 aromatic rings. The first-order valence-corrected chi connectivity index (χ1v) is 5.66. The van der Waals surface area contributed by atoms with Crippen molar-refractivity contribution in [3.8, 4) is 0 Å². The highest BCUT2D eigenvalue weighted by atomic mass is 16.3. The molecule has 2 rings (SSSR count). The molecule has 0 fully saturated rings. The van der Waals surface area contributed by atoms with Gasteiger partial charge in [0.1, 0.15) is 11.5 Å². The molecule has 18 heavy (non-hydrogen) atoms. The van der Waals surface area contributed by atoms with E-state index in [9.17, 15) is 0 Å². The third-order valence-corrected chi connectivity index (χ3v) is 2.33. The maximum atomic E-state index is 5.56. The summed E-state index contributed by atoms with van der Waals surface area (Å²) in [6.07, 6.45) is 0.758. The predicted molar refractivity (Wildman–Crippen MR) is 69.4 cm³/mol. The van der Waals surface area contributed by atoms with E-state index in [1.165, 1.54) is 0 Å². The molecule has 0 amide bonds. The topological polar surface area (TPSA) is 102 Å². The number of aryl methyl sites for hydroxylation is 1. The molecular weight excluding hydrogens is 232 g/mol. The van der Waals surface area contributed by atoms with Gasteiger partial charge in [-0.15, -0.1) is 0 Å². The number of nitrogens with two attached hydrogens (primary N) is 1. The van der Waals surface area contributed by atoms with Crippen LogP contribution in [-0.4, -0.2) is 28.5 Å². The van der Waals surface area contributed by atoms with Crippen molar-refractivity contribution in [3.63, 3.8) is 0 Å². The highest BCUT2D eigenvalue weighted by Crippen LogP contribution is 2.08. The van der Waals surface area contributed by atoms with Gasteiger partial charge in [0, 0.05) is 20.0 Å². The quantitative estimate of drug-likeness (QED) is 0.726. The third-order valence-electron chi connectivity index (χ3n) is 2.33. The number of hydrogen-bond acceptors (Lipinski definition) is 7. The third kappa shape index (κ3) is 3.09. The van der Waals surface area contributed by atoms with Gasteiger partial charge in [0.05, 0.1) is 0 Å². The lowest BCUT2D eigenvalue weighted by atomic mass is 10.3. The Balaban J connectivity index is 1.91. The fourth-order valence-corrected chi connectivity index (χ4v) is 1.50. The molecule has 0 bridgehead atoms. The largest absolute Gasteiger partial charge is 0.466 e. The Hall–Kier alpha value is -2.31. The summed E-state index contributed by atoms with van der Waals surface area (Å²) in [5, 5.41) is 5.89. The lowest BCUT2D eigenvalue weighted by Crippen LogP contribution is -2.11. The molecule has 0 unspecified atom stereocenters. The van der Waals surface area contributed by atoms with E-state index < -0.39 is 0 Å². The number of aromatic nitrogens is 3. The van der Waals surface area contributed by atoms with E-state index in [0.717, 1.165) is 17.9 Å². The van der Waals surface area contributed by atoms with Crippen LogP contribution in [0.4, 0.5) is 17.8 Å². The van der Waals surface area contributed by atoms with E-state index in [1.807, 2.05) is 19.1 Å². The maximum absolute atomic E-state index is 5.56. The highest BCUT2D eigenvalue weighted by Gasteiger charge is 2.03. The second kappa shape index (κ2) is 5.35. The Kier molecular flexibility index (Phi) is 3.61. The molecule has 0 spiro atoms. The van der Waals surface area contributed by atoms with E-state index in [1.54, 1.807) is 7.05 Å². The van der Waals surface area contributed by atoms with Gasteiger partial charge in [-0.3, -0.25) is 0 Å². The van der Waals surface area contributed by atoms with Gasteiger partial charge in [0.15, 0.2) is 0 Å². The Morgan fingerprint density at radius 2 is 2.00 bits per heavy atom. The number of nitrogen functional groups attached to an aromatic ring is 1. The van der Waals surface area contributed by atoms with Crippen LogP contribution < -0.4 is 16.4 Å². The van der Waals surface area contributed by atoms with E-state index in [4.69, 9.17) is 10.2 Å². The van der Waals surface area contributed by atoms with Crippen molar-refractivity contribution >= 4 is 17.8 Å². The summed E-state index contributed by atoms with van der Waals surface area (Å²) in [7, 11) is 1.73. The van der Waals surface area contributed by atoms with E-state index in [-0.39, 0.29) is 5.95 Å². The van der Waals surface area contributed by atoms with Gasteiger partial charge in [-0.1, -0.05) is 0 Å². The fraction of sp³-hybridized carbons (Fsp3) is 0.364. The summed E-state index contributed by atoms with van der Waals surface area (Å²) in [5.74, 6) is 2.92. The van der Waals surface area contributed by atoms with Crippen LogP contribution in [0.5, 0.6) is 0 Å². The Morgan fingerprint density at radius 1 is 1.22 bits per heavy atom. The van der Waals surface area contributed by atoms with E-state index >= 15 is 0 Å². The van der Waals surface area contributed by atoms with Gasteiger partial charge >= 0.3 is 0 Å². The first-order valence-electron chi connectivity index (χ1n) is 5.66. The van der Waals surface area contributed by atoms with Crippen molar-refractivity contribution in [3.05, 3.63) is 23.7 Å². The smallest absolute Gasteiger partial charge is 0.229 e. The molecule has 4 N–H and O–H groups in total. The fourth-order valence-electron chi connectivity index (χ4n) is 1.50. The van der Waals surface area contributed by atoms with E-state index in [2.05, 4.69) is 25.6 Å². The molecule has 0 aliphatic rings. The van der Waals surface area contributed by atoms with Crippen LogP contribution in [0.2, 0.25) is 0 Å². The van der Waals surface area contributed by atoms with Gasteiger partial charge in [0.2, 0.25) is 17.8 Å². The van der Waals surface area contributed by atoms with E-state index in [0.29, 0.717) is 18.4 Å². The number of hydrogen-bond donors (Lipinski definition) is 3. The second-order valence-electron chi connectivity index (χ2n) is 3.78. The Labute approximate surface area is 105 Å². The van der Waals surface area contributed by atoms with Gasteiger partial charge in [-0.05, 0) is 19.1 Å². The molecule has 2 aromatic heterocycles. The monoisotopic (exact) mass is 248 g/mol. The number of nitrogens with one attached hydrogen (secondary N) is 2. The van der Waals surface area contributed by atoms with Gasteiger partial charge in [0.25, 0.3) is 0 Å². The van der Waals surface area contributed by atoms with Crippen LogP contribution in [0.15, 0.2) is 16.5 Å². The van der Waals surface area contributed by atoms with Crippen molar-refractivity contribution in [2.24, 2.45) is 0 Å². The minimum absolute atomic E-state index is 0.186. The lowest BCUT2D eigenvalue weighted by Gasteiger charge is -2.05. The standard InChI is InChI=1S/C11H16N6O/c1-7-3-4-8(18-7)5-6-14-11-16-9(12)15-10(13-2)17-11/h3-4H,5-6H2,1-2H3,(H4,12,13,14,15,16,17). The SMILES string of the molecule is CNc1nc(N)nc(NCCc2ccc(C)o2)n1. The van der Waals surface area contributed by atoms with Crippen molar-refractivity contribution in [1.82, 2.24) is 15.0 Å². The Morgan fingerprint density at radius 3 is 2.67 bits per heavy atom. The molecule has 0 saturated heterocycles. The molecule has 0 aliphatic heterocycles. The zero-order valence-corrected chi connectivity index (χ0v) is 10.4.